The van der Waals surface area contributed by atoms with Gasteiger partial charge < -0.3 is 30.3 Å². The van der Waals surface area contributed by atoms with Crippen LogP contribution in [0.25, 0.3) is 0 Å². The molecule has 4 aromatic rings. The maximum absolute atomic E-state index is 12.5. The summed E-state index contributed by atoms with van der Waals surface area (Å²) in [5.41, 5.74) is 1.56. The van der Waals surface area contributed by atoms with Crippen molar-refractivity contribution < 1.29 is 38.9 Å². The van der Waals surface area contributed by atoms with E-state index in [9.17, 15) is 29.4 Å². The monoisotopic (exact) mass is 798 g/mol. The minimum atomic E-state index is -1.23. The van der Waals surface area contributed by atoms with Gasteiger partial charge in [-0.25, -0.2) is 9.59 Å². The van der Waals surface area contributed by atoms with Crippen LogP contribution >= 0.6 is 61.4 Å². The van der Waals surface area contributed by atoms with Crippen molar-refractivity contribution in [2.24, 2.45) is 0 Å². The molecule has 0 saturated heterocycles. The van der Waals surface area contributed by atoms with Gasteiger partial charge in [0.2, 0.25) is 10.3 Å². The maximum Gasteiger partial charge on any atom is 0.408 e. The topological polar surface area (TPSA) is 227 Å². The molecule has 2 aromatic heterocycles. The van der Waals surface area contributed by atoms with Crippen LogP contribution in [0.1, 0.15) is 21.1 Å². The zero-order valence-corrected chi connectivity index (χ0v) is 31.4. The Morgan fingerprint density at radius 2 is 1.04 bits per heavy atom. The molecule has 0 radical (unpaired) electrons. The van der Waals surface area contributed by atoms with Gasteiger partial charge in [-0.05, 0) is 22.6 Å². The number of hydrogen-bond donors (Lipinski definition) is 6. The number of carbonyl (C=O) groups excluding carboxylic acids is 4. The highest BCUT2D eigenvalue weighted by Gasteiger charge is 2.23. The molecule has 0 aliphatic rings. The van der Waals surface area contributed by atoms with Crippen molar-refractivity contribution in [3.63, 3.8) is 0 Å². The Hall–Kier alpha value is -3.99. The first-order valence-electron chi connectivity index (χ1n) is 14.8. The Morgan fingerprint density at radius 1 is 0.647 bits per heavy atom. The van der Waals surface area contributed by atoms with E-state index in [1.807, 2.05) is 36.4 Å². The lowest BCUT2D eigenvalue weighted by Gasteiger charge is -2.15. The molecule has 2 heterocycles. The van der Waals surface area contributed by atoms with E-state index in [0.29, 0.717) is 34.4 Å². The number of aromatic nitrogens is 4. The third kappa shape index (κ3) is 15.4. The Morgan fingerprint density at radius 3 is 1.41 bits per heavy atom. The number of rotatable bonds is 18. The van der Waals surface area contributed by atoms with Crippen molar-refractivity contribution in [1.82, 2.24) is 31.0 Å². The van der Waals surface area contributed by atoms with Gasteiger partial charge in [0, 0.05) is 12.8 Å². The average Bonchev–Trinajstić information content (AvgIpc) is 3.77. The number of carbonyl (C=O) groups is 4. The molecule has 4 amide bonds. The zero-order valence-electron chi connectivity index (χ0n) is 26.9. The van der Waals surface area contributed by atoms with E-state index >= 15 is 0 Å². The van der Waals surface area contributed by atoms with Crippen molar-refractivity contribution in [3.8, 4) is 0 Å². The van der Waals surface area contributed by atoms with E-state index in [2.05, 4.69) is 41.7 Å². The van der Waals surface area contributed by atoms with Gasteiger partial charge in [-0.15, -0.1) is 20.4 Å². The zero-order chi connectivity index (χ0) is 34.8. The van der Waals surface area contributed by atoms with Gasteiger partial charge in [-0.2, -0.15) is 38.8 Å². The predicted octanol–water partition coefficient (Wildman–Crippen LogP) is 2.59. The molecular weight excluding hydrogens is 761 g/mol. The van der Waals surface area contributed by atoms with Gasteiger partial charge in [-0.3, -0.25) is 20.2 Å². The summed E-state index contributed by atoms with van der Waals surface area (Å²) in [6, 6.07) is 15.6. The largest absolute Gasteiger partial charge is 0.445 e. The molecule has 6 N–H and O–H groups in total. The van der Waals surface area contributed by atoms with Gasteiger partial charge in [-0.1, -0.05) is 83.3 Å². The van der Waals surface area contributed by atoms with Gasteiger partial charge >= 0.3 is 12.2 Å². The molecule has 2 atom stereocenters. The minimum absolute atomic E-state index is 0. The quantitative estimate of drug-likeness (QED) is 0.0797. The smallest absolute Gasteiger partial charge is 0.408 e. The summed E-state index contributed by atoms with van der Waals surface area (Å²) in [6.07, 6.45) is -0.507. The van der Waals surface area contributed by atoms with Crippen molar-refractivity contribution in [3.05, 3.63) is 81.8 Å². The highest BCUT2D eigenvalue weighted by Crippen LogP contribution is 2.20. The van der Waals surface area contributed by atoms with E-state index in [0.717, 1.165) is 11.1 Å². The molecule has 4 rings (SSSR count). The molecule has 16 nitrogen and oxygen atoms in total. The number of benzene rings is 2. The number of nitrogens with one attached hydrogen (secondary N) is 4. The van der Waals surface area contributed by atoms with E-state index in [1.165, 1.54) is 22.7 Å². The van der Waals surface area contributed by atoms with E-state index in [1.54, 1.807) is 36.0 Å². The summed E-state index contributed by atoms with van der Waals surface area (Å²) < 4.78 is 10.2. The molecule has 0 saturated carbocycles. The molecule has 0 aliphatic heterocycles. The van der Waals surface area contributed by atoms with Gasteiger partial charge in [0.15, 0.2) is 0 Å². The number of amides is 4. The average molecular weight is 799 g/mol. The van der Waals surface area contributed by atoms with Crippen LogP contribution in [0.5, 0.6) is 0 Å². The third-order valence-electron chi connectivity index (χ3n) is 6.32. The van der Waals surface area contributed by atoms with Crippen LogP contribution < -0.4 is 21.3 Å². The highest BCUT2D eigenvalue weighted by molar-refractivity contribution is 7.99. The highest BCUT2D eigenvalue weighted by atomic mass is 32.2. The fraction of sp³-hybridized carbons (Fsp3) is 0.333. The van der Waals surface area contributed by atoms with Crippen LogP contribution in [-0.2, 0) is 45.1 Å². The Kier molecular flexibility index (Phi) is 19.9. The van der Waals surface area contributed by atoms with Crippen molar-refractivity contribution in [1.29, 1.82) is 0 Å². The van der Waals surface area contributed by atoms with Gasteiger partial charge in [0.25, 0.3) is 11.8 Å². The summed E-state index contributed by atoms with van der Waals surface area (Å²) in [5.74, 6) is 0.105. The fourth-order valence-corrected chi connectivity index (χ4v) is 6.44. The summed E-state index contributed by atoms with van der Waals surface area (Å²) in [6.45, 7) is -1.23. The van der Waals surface area contributed by atoms with E-state index in [-0.39, 0.29) is 50.5 Å². The lowest BCUT2D eigenvalue weighted by molar-refractivity contribution is -0.119. The van der Waals surface area contributed by atoms with Crippen LogP contribution in [0.15, 0.2) is 60.7 Å². The van der Waals surface area contributed by atoms with Crippen molar-refractivity contribution in [2.75, 3.05) is 35.4 Å². The number of aliphatic hydroxyl groups excluding tert-OH is 2. The van der Waals surface area contributed by atoms with Crippen LogP contribution in [0.4, 0.5) is 19.9 Å². The van der Waals surface area contributed by atoms with E-state index < -0.39 is 49.3 Å². The SMILES string of the molecule is O=C(N[C@@H](CO)C(=O)Nc1nnc(CCSCCc2nnc(NC(=O)[C@H](CO)NC(=O)OCc3ccccc3)s2)s1)OCc1ccccc1.S.S. The second-order valence-corrected chi connectivity index (χ2v) is 13.3. The number of ether oxygens (including phenoxy) is 2. The standard InChI is InChI=1S/C30H34N8O8S3.2H2S/c39-15-21(31-29(43)45-17-19-7-3-1-4-8-19)25(41)33-27-37-35-23(48-27)11-13-47-14-12-24-36-38-28(49-24)34-26(42)22(16-40)32-30(44)46-18-20-9-5-2-6-10-20;;/h1-10,21-22,39-40H,11-18H2,(H,31,43)(H,32,44)(H,33,37,41)(H,34,38,42);2*1H2/t21-,22-;;/m0../s1. The predicted molar refractivity (Wildman–Crippen MR) is 204 cm³/mol. The van der Waals surface area contributed by atoms with Crippen LogP contribution in [0.2, 0.25) is 0 Å². The number of aliphatic hydroxyl groups is 2. The van der Waals surface area contributed by atoms with Crippen molar-refractivity contribution in [2.45, 2.75) is 38.1 Å². The second-order valence-electron chi connectivity index (χ2n) is 9.98. The number of nitrogens with zero attached hydrogens (tertiary/aromatic N) is 4. The first kappa shape index (κ1) is 43.2. The molecule has 0 unspecified atom stereocenters. The van der Waals surface area contributed by atoms with E-state index in [4.69, 9.17) is 9.47 Å². The summed E-state index contributed by atoms with van der Waals surface area (Å²) in [7, 11) is 0. The van der Waals surface area contributed by atoms with Gasteiger partial charge in [0.1, 0.15) is 35.3 Å². The summed E-state index contributed by atoms with van der Waals surface area (Å²) in [4.78, 5) is 49.2. The fourth-order valence-electron chi connectivity index (χ4n) is 3.82. The number of thioether (sulfide) groups is 1. The second kappa shape index (κ2) is 23.5. The number of hydrogen-bond acceptors (Lipinski definition) is 15. The van der Waals surface area contributed by atoms with Crippen LogP contribution in [0.3, 0.4) is 0 Å². The molecule has 51 heavy (non-hydrogen) atoms. The van der Waals surface area contributed by atoms with Crippen molar-refractivity contribution >= 4 is 95.7 Å². The molecule has 276 valence electrons. The molecule has 0 aliphatic carbocycles. The molecule has 0 spiro atoms. The molecule has 0 bridgehead atoms. The first-order chi connectivity index (χ1) is 23.8. The lowest BCUT2D eigenvalue weighted by Crippen LogP contribution is -2.46. The maximum atomic E-state index is 12.5. The molecular formula is C30H38N8O8S5. The number of aryl methyl sites for hydroxylation is 2. The Labute approximate surface area is 319 Å². The van der Waals surface area contributed by atoms with Crippen LogP contribution in [-0.4, -0.2) is 91.4 Å². The third-order valence-corrected chi connectivity index (χ3v) is 9.10. The number of alkyl carbamates (subject to hydrolysis) is 2. The number of anilines is 2. The molecule has 0 fully saturated rings. The lowest BCUT2D eigenvalue weighted by atomic mass is 10.2. The first-order valence-corrected chi connectivity index (χ1v) is 17.6. The summed E-state index contributed by atoms with van der Waals surface area (Å²) >= 11 is 4.01. The normalized spacial score (nSPS) is 11.5. The minimum Gasteiger partial charge on any atom is -0.445 e. The van der Waals surface area contributed by atoms with Crippen LogP contribution in [0, 0.1) is 0 Å². The van der Waals surface area contributed by atoms with Gasteiger partial charge in [0.05, 0.1) is 13.2 Å². The molecule has 21 heteroatoms. The Balaban J connectivity index is 0.00000451. The summed E-state index contributed by atoms with van der Waals surface area (Å²) in [5, 5.41) is 46.9. The molecule has 2 aromatic carbocycles. The Bertz CT molecular complexity index is 1530.